The Kier molecular flexibility index (Phi) is 5.48. The summed E-state index contributed by atoms with van der Waals surface area (Å²) in [6, 6.07) is 8.16. The largest absolute Gasteiger partial charge is 0.384 e. The van der Waals surface area contributed by atoms with Crippen LogP contribution < -0.4 is 0 Å². The van der Waals surface area contributed by atoms with E-state index in [9.17, 15) is 9.90 Å². The highest BCUT2D eigenvalue weighted by molar-refractivity contribution is 5.84. The van der Waals surface area contributed by atoms with E-state index in [0.717, 1.165) is 24.2 Å². The SMILES string of the molecule is O=C(CCc1c[nH]c2ccccc12)N1CCOC[C@](O)(CN2CCCC2)C1. The van der Waals surface area contributed by atoms with Gasteiger partial charge in [-0.15, -0.1) is 0 Å². The highest BCUT2D eigenvalue weighted by Gasteiger charge is 2.36. The van der Waals surface area contributed by atoms with Crippen LogP contribution in [0.5, 0.6) is 0 Å². The number of fused-ring (bicyclic) bond motifs is 1. The Balaban J connectivity index is 1.38. The summed E-state index contributed by atoms with van der Waals surface area (Å²) in [4.78, 5) is 20.2. The molecule has 146 valence electrons. The van der Waals surface area contributed by atoms with Crippen molar-refractivity contribution >= 4 is 16.8 Å². The fourth-order valence-electron chi connectivity index (χ4n) is 4.32. The molecule has 0 unspecified atom stereocenters. The number of rotatable bonds is 5. The molecule has 0 aliphatic carbocycles. The van der Waals surface area contributed by atoms with E-state index in [1.165, 1.54) is 18.2 Å². The molecule has 1 aromatic heterocycles. The number of hydrogen-bond donors (Lipinski definition) is 2. The third-order valence-electron chi connectivity index (χ3n) is 5.71. The maximum absolute atomic E-state index is 12.8. The van der Waals surface area contributed by atoms with Crippen LogP contribution in [0.1, 0.15) is 24.8 Å². The highest BCUT2D eigenvalue weighted by atomic mass is 16.5. The lowest BCUT2D eigenvalue weighted by Crippen LogP contribution is -2.53. The third kappa shape index (κ3) is 4.34. The van der Waals surface area contributed by atoms with E-state index in [4.69, 9.17) is 4.74 Å². The lowest BCUT2D eigenvalue weighted by atomic mass is 10.0. The lowest BCUT2D eigenvalue weighted by Gasteiger charge is -2.34. The van der Waals surface area contributed by atoms with Crippen LogP contribution in [-0.2, 0) is 16.0 Å². The fraction of sp³-hybridized carbons (Fsp3) is 0.571. The van der Waals surface area contributed by atoms with Crippen molar-refractivity contribution in [1.29, 1.82) is 0 Å². The van der Waals surface area contributed by atoms with Crippen molar-refractivity contribution < 1.29 is 14.6 Å². The molecule has 2 saturated heterocycles. The van der Waals surface area contributed by atoms with Gasteiger partial charge in [0.2, 0.25) is 5.91 Å². The van der Waals surface area contributed by atoms with Crippen molar-refractivity contribution in [3.63, 3.8) is 0 Å². The summed E-state index contributed by atoms with van der Waals surface area (Å²) in [6.45, 7) is 4.33. The van der Waals surface area contributed by atoms with Crippen molar-refractivity contribution in [1.82, 2.24) is 14.8 Å². The molecule has 27 heavy (non-hydrogen) atoms. The van der Waals surface area contributed by atoms with Crippen molar-refractivity contribution in [3.8, 4) is 0 Å². The number of para-hydroxylation sites is 1. The zero-order valence-corrected chi connectivity index (χ0v) is 15.8. The number of hydrogen-bond acceptors (Lipinski definition) is 4. The minimum atomic E-state index is -0.975. The van der Waals surface area contributed by atoms with Gasteiger partial charge >= 0.3 is 0 Å². The summed E-state index contributed by atoms with van der Waals surface area (Å²) in [5.74, 6) is 0.0885. The van der Waals surface area contributed by atoms with Gasteiger partial charge in [-0.3, -0.25) is 4.79 Å². The van der Waals surface area contributed by atoms with Gasteiger partial charge in [0.15, 0.2) is 0 Å². The van der Waals surface area contributed by atoms with Gasteiger partial charge in [0, 0.05) is 36.6 Å². The minimum absolute atomic E-state index is 0.0885. The molecule has 3 heterocycles. The van der Waals surface area contributed by atoms with Crippen molar-refractivity contribution in [2.75, 3.05) is 45.9 Å². The van der Waals surface area contributed by atoms with Crippen LogP contribution in [0.2, 0.25) is 0 Å². The Bertz CT molecular complexity index is 784. The summed E-state index contributed by atoms with van der Waals surface area (Å²) < 4.78 is 5.63. The van der Waals surface area contributed by atoms with Gasteiger partial charge < -0.3 is 24.6 Å². The molecule has 1 aromatic carbocycles. The Morgan fingerprint density at radius 2 is 2.04 bits per heavy atom. The number of carbonyl (C=O) groups is 1. The molecule has 2 aliphatic rings. The normalized spacial score (nSPS) is 24.4. The first kappa shape index (κ1) is 18.5. The van der Waals surface area contributed by atoms with E-state index in [1.807, 2.05) is 24.4 Å². The Morgan fingerprint density at radius 3 is 2.89 bits per heavy atom. The van der Waals surface area contributed by atoms with Crippen molar-refractivity contribution in [2.45, 2.75) is 31.3 Å². The van der Waals surface area contributed by atoms with Gasteiger partial charge in [0.25, 0.3) is 0 Å². The van der Waals surface area contributed by atoms with Gasteiger partial charge in [-0.1, -0.05) is 18.2 Å². The molecule has 6 heteroatoms. The van der Waals surface area contributed by atoms with Crippen LogP contribution in [0, 0.1) is 0 Å². The summed E-state index contributed by atoms with van der Waals surface area (Å²) in [5, 5.41) is 12.2. The van der Waals surface area contributed by atoms with Gasteiger partial charge in [0.05, 0.1) is 19.8 Å². The molecular formula is C21H29N3O3. The van der Waals surface area contributed by atoms with E-state index in [1.54, 1.807) is 4.90 Å². The molecule has 0 saturated carbocycles. The van der Waals surface area contributed by atoms with Crippen LogP contribution in [0.25, 0.3) is 10.9 Å². The van der Waals surface area contributed by atoms with Gasteiger partial charge in [-0.2, -0.15) is 0 Å². The number of aryl methyl sites for hydroxylation is 1. The number of likely N-dealkylation sites (tertiary alicyclic amines) is 1. The molecule has 1 atom stereocenters. The van der Waals surface area contributed by atoms with Crippen LogP contribution >= 0.6 is 0 Å². The number of β-amino-alcohol motifs (C(OH)–C–C–N with tert-alkyl or cyclic N) is 1. The summed E-state index contributed by atoms with van der Waals surface area (Å²) in [7, 11) is 0. The maximum atomic E-state index is 12.8. The van der Waals surface area contributed by atoms with Crippen LogP contribution in [0.15, 0.2) is 30.5 Å². The number of nitrogens with one attached hydrogen (secondary N) is 1. The lowest BCUT2D eigenvalue weighted by molar-refractivity contribution is -0.134. The molecule has 2 N–H and O–H groups in total. The first-order chi connectivity index (χ1) is 13.1. The van der Waals surface area contributed by atoms with Crippen LogP contribution in [0.3, 0.4) is 0 Å². The molecule has 4 rings (SSSR count). The molecule has 2 fully saturated rings. The number of aliphatic hydroxyl groups is 1. The summed E-state index contributed by atoms with van der Waals surface area (Å²) in [6.07, 6.45) is 5.51. The fourth-order valence-corrected chi connectivity index (χ4v) is 4.32. The average molecular weight is 371 g/mol. The Labute approximate surface area is 160 Å². The molecule has 0 spiro atoms. The first-order valence-electron chi connectivity index (χ1n) is 9.98. The monoisotopic (exact) mass is 371 g/mol. The molecule has 0 bridgehead atoms. The van der Waals surface area contributed by atoms with E-state index in [2.05, 4.69) is 16.0 Å². The van der Waals surface area contributed by atoms with E-state index < -0.39 is 5.60 Å². The van der Waals surface area contributed by atoms with E-state index in [-0.39, 0.29) is 5.91 Å². The van der Waals surface area contributed by atoms with Gasteiger partial charge in [-0.25, -0.2) is 0 Å². The maximum Gasteiger partial charge on any atom is 0.223 e. The minimum Gasteiger partial charge on any atom is -0.384 e. The Morgan fingerprint density at radius 1 is 1.22 bits per heavy atom. The number of ether oxygens (including phenoxy) is 1. The molecule has 1 amide bonds. The van der Waals surface area contributed by atoms with E-state index >= 15 is 0 Å². The zero-order valence-electron chi connectivity index (χ0n) is 15.8. The third-order valence-corrected chi connectivity index (χ3v) is 5.71. The molecular weight excluding hydrogens is 342 g/mol. The predicted octanol–water partition coefficient (Wildman–Crippen LogP) is 1.79. The van der Waals surface area contributed by atoms with Crippen molar-refractivity contribution in [2.24, 2.45) is 0 Å². The topological polar surface area (TPSA) is 68.8 Å². The number of amides is 1. The second-order valence-corrected chi connectivity index (χ2v) is 7.93. The second-order valence-electron chi connectivity index (χ2n) is 7.93. The first-order valence-corrected chi connectivity index (χ1v) is 9.98. The predicted molar refractivity (Wildman–Crippen MR) is 105 cm³/mol. The average Bonchev–Trinajstić information content (AvgIpc) is 3.27. The van der Waals surface area contributed by atoms with Gasteiger partial charge in [-0.05, 0) is 44.0 Å². The second kappa shape index (κ2) is 8.00. The quantitative estimate of drug-likeness (QED) is 0.841. The molecule has 6 nitrogen and oxygen atoms in total. The summed E-state index contributed by atoms with van der Waals surface area (Å²) in [5.41, 5.74) is 1.29. The Hall–Kier alpha value is -1.89. The van der Waals surface area contributed by atoms with E-state index in [0.29, 0.717) is 45.7 Å². The molecule has 0 radical (unpaired) electrons. The number of carbonyl (C=O) groups excluding carboxylic acids is 1. The molecule has 2 aliphatic heterocycles. The van der Waals surface area contributed by atoms with Crippen molar-refractivity contribution in [3.05, 3.63) is 36.0 Å². The van der Waals surface area contributed by atoms with Crippen LogP contribution in [-0.4, -0.2) is 77.3 Å². The standard InChI is InChI=1S/C21H29N3O3/c25-20(8-7-17-13-22-19-6-2-1-5-18(17)19)24-11-12-27-16-21(26,15-24)14-23-9-3-4-10-23/h1-2,5-6,13,22,26H,3-4,7-12,14-16H2/t21-/m0/s1. The van der Waals surface area contributed by atoms with Gasteiger partial charge in [0.1, 0.15) is 5.60 Å². The number of aromatic amines is 1. The highest BCUT2D eigenvalue weighted by Crippen LogP contribution is 2.21. The number of benzene rings is 1. The van der Waals surface area contributed by atoms with Crippen LogP contribution in [0.4, 0.5) is 0 Å². The number of aromatic nitrogens is 1. The zero-order chi connectivity index (χ0) is 18.7. The smallest absolute Gasteiger partial charge is 0.223 e. The molecule has 2 aromatic rings. The summed E-state index contributed by atoms with van der Waals surface area (Å²) >= 11 is 0. The number of H-pyrrole nitrogens is 1. The number of nitrogens with zero attached hydrogens (tertiary/aromatic N) is 2.